The van der Waals surface area contributed by atoms with Crippen molar-refractivity contribution in [2.45, 2.75) is 30.9 Å². The summed E-state index contributed by atoms with van der Waals surface area (Å²) in [4.78, 5) is 45.5. The van der Waals surface area contributed by atoms with Crippen molar-refractivity contribution in [3.8, 4) is 17.0 Å². The van der Waals surface area contributed by atoms with Crippen molar-refractivity contribution in [1.29, 1.82) is 0 Å². The van der Waals surface area contributed by atoms with Crippen LogP contribution in [0.3, 0.4) is 0 Å². The molecule has 1 aromatic heterocycles. The molecule has 216 valence electrons. The van der Waals surface area contributed by atoms with Gasteiger partial charge in [-0.25, -0.2) is 4.98 Å². The number of carbonyl (C=O) groups is 3. The third kappa shape index (κ3) is 3.99. The number of nitrogens with two attached hydrogens (primary N) is 1. The Bertz CT molecular complexity index is 1730. The first-order chi connectivity index (χ1) is 19.9. The summed E-state index contributed by atoms with van der Waals surface area (Å²) in [5.41, 5.74) is 4.65. The minimum atomic E-state index is -2.66. The number of aromatic hydroxyl groups is 1. The number of aromatic nitrogens is 1. The lowest BCUT2D eigenvalue weighted by Crippen LogP contribution is -2.65. The Morgan fingerprint density at radius 3 is 2.50 bits per heavy atom. The first kappa shape index (κ1) is 27.8. The lowest BCUT2D eigenvalue weighted by atomic mass is 9.57. The summed E-state index contributed by atoms with van der Waals surface area (Å²) >= 11 is 1.44. The Morgan fingerprint density at radius 2 is 1.83 bits per heavy atom. The van der Waals surface area contributed by atoms with Crippen molar-refractivity contribution in [2.75, 3.05) is 14.1 Å². The molecular weight excluding hydrogens is 558 g/mol. The number of nitrogens with zero attached hydrogens (tertiary/aromatic N) is 2. The van der Waals surface area contributed by atoms with Crippen LogP contribution in [0.1, 0.15) is 28.1 Å². The molecule has 0 aliphatic heterocycles. The zero-order chi connectivity index (χ0) is 30.1. The number of aliphatic hydroxyl groups excluding tert-OH is 2. The number of phenolic OH excluding ortho intramolecular Hbond substituents is 1. The Hall–Kier alpha value is -4.32. The molecule has 0 bridgehead atoms. The van der Waals surface area contributed by atoms with Crippen LogP contribution in [0.2, 0.25) is 0 Å². The predicted octanol–water partition coefficient (Wildman–Crippen LogP) is 2.68. The Balaban J connectivity index is 1.41. The number of thiazole rings is 1. The Morgan fingerprint density at radius 1 is 1.12 bits per heavy atom. The number of carbonyl (C=O) groups excluding carboxylic acids is 3. The minimum Gasteiger partial charge on any atom is -0.508 e. The van der Waals surface area contributed by atoms with Crippen molar-refractivity contribution in [2.24, 2.45) is 17.6 Å². The molecule has 3 aliphatic carbocycles. The average Bonchev–Trinajstić information content (AvgIpc) is 3.41. The molecule has 3 aliphatic rings. The van der Waals surface area contributed by atoms with Crippen LogP contribution in [0, 0.1) is 11.8 Å². The fraction of sp³-hybridized carbons (Fsp3) is 0.290. The van der Waals surface area contributed by atoms with E-state index in [0.717, 1.165) is 16.3 Å². The average molecular weight is 588 g/mol. The van der Waals surface area contributed by atoms with Crippen LogP contribution in [0.4, 0.5) is 0 Å². The highest BCUT2D eigenvalue weighted by atomic mass is 32.1. The van der Waals surface area contributed by atoms with Gasteiger partial charge in [-0.15, -0.1) is 11.3 Å². The van der Waals surface area contributed by atoms with Gasteiger partial charge in [0.1, 0.15) is 22.8 Å². The van der Waals surface area contributed by atoms with Gasteiger partial charge in [0.05, 0.1) is 22.3 Å². The normalized spacial score (nSPS) is 25.4. The van der Waals surface area contributed by atoms with Crippen molar-refractivity contribution in [3.63, 3.8) is 0 Å². The van der Waals surface area contributed by atoms with Crippen molar-refractivity contribution < 1.29 is 34.8 Å². The zero-order valence-corrected chi connectivity index (χ0v) is 23.7. The number of amides is 1. The van der Waals surface area contributed by atoms with E-state index in [4.69, 9.17) is 5.73 Å². The van der Waals surface area contributed by atoms with Crippen LogP contribution in [-0.2, 0) is 27.2 Å². The van der Waals surface area contributed by atoms with Gasteiger partial charge in [0, 0.05) is 34.4 Å². The predicted molar refractivity (Wildman–Crippen MR) is 155 cm³/mol. The number of benzene rings is 2. The molecule has 2 aromatic carbocycles. The molecule has 0 unspecified atom stereocenters. The third-order valence-electron chi connectivity index (χ3n) is 8.64. The van der Waals surface area contributed by atoms with Crippen LogP contribution in [-0.4, -0.2) is 73.5 Å². The zero-order valence-electron chi connectivity index (χ0n) is 22.9. The molecule has 0 radical (unpaired) electrons. The van der Waals surface area contributed by atoms with E-state index in [2.05, 4.69) is 4.98 Å². The van der Waals surface area contributed by atoms with Crippen LogP contribution < -0.4 is 5.73 Å². The standard InChI is InChI=1S/C31H29N3O7S/c1-34(2)24-18-11-17-10-15-8-9-16(12-20-33-19(13-42-20)14-6-4-3-5-7-14)25(35)21(15)26(36)22(17)28(38)31(18,41)29(39)23(27(24)37)30(32)40/h3-9,13,17-18,24,35-36,39,41H,10-12H2,1-2H3,(H2,32,40)/t17-,18-,24-,31-/m0/s1. The topological polar surface area (TPSA) is 174 Å². The van der Waals surface area contributed by atoms with E-state index in [1.54, 1.807) is 26.2 Å². The molecule has 1 saturated carbocycles. The Labute approximate surface area is 245 Å². The molecule has 4 atom stereocenters. The van der Waals surface area contributed by atoms with Crippen molar-refractivity contribution in [3.05, 3.63) is 86.4 Å². The highest BCUT2D eigenvalue weighted by molar-refractivity contribution is 7.10. The number of fused-ring (bicyclic) bond motifs is 3. The summed E-state index contributed by atoms with van der Waals surface area (Å²) in [6.45, 7) is 0. The molecule has 10 nitrogen and oxygen atoms in total. The molecule has 0 spiro atoms. The van der Waals surface area contributed by atoms with Crippen LogP contribution in [0.25, 0.3) is 17.0 Å². The second-order valence-corrected chi connectivity index (χ2v) is 12.2. The van der Waals surface area contributed by atoms with E-state index in [9.17, 15) is 34.8 Å². The second-order valence-electron chi connectivity index (χ2n) is 11.2. The number of primary amides is 1. The maximum atomic E-state index is 14.0. The number of likely N-dealkylation sites (N-methyl/N-ethyl adjacent to an activating group) is 1. The van der Waals surface area contributed by atoms with Gasteiger partial charge in [-0.2, -0.15) is 0 Å². The first-order valence-corrected chi connectivity index (χ1v) is 14.3. The quantitative estimate of drug-likeness (QED) is 0.281. The lowest BCUT2D eigenvalue weighted by Gasteiger charge is -2.50. The highest BCUT2D eigenvalue weighted by Gasteiger charge is 2.64. The number of hydrogen-bond donors (Lipinski definition) is 5. The summed E-state index contributed by atoms with van der Waals surface area (Å²) in [6, 6.07) is 12.1. The summed E-state index contributed by atoms with van der Waals surface area (Å²) < 4.78 is 0. The van der Waals surface area contributed by atoms with Crippen LogP contribution >= 0.6 is 11.3 Å². The molecule has 6 rings (SSSR count). The molecular formula is C31H29N3O7S. The van der Waals surface area contributed by atoms with E-state index < -0.39 is 58.0 Å². The molecule has 3 aromatic rings. The molecule has 11 heteroatoms. The smallest absolute Gasteiger partial charge is 0.255 e. The molecule has 6 N–H and O–H groups in total. The van der Waals surface area contributed by atoms with Gasteiger partial charge in [0.15, 0.2) is 11.4 Å². The van der Waals surface area contributed by atoms with Gasteiger partial charge in [0.25, 0.3) is 5.91 Å². The van der Waals surface area contributed by atoms with E-state index in [1.807, 2.05) is 35.7 Å². The summed E-state index contributed by atoms with van der Waals surface area (Å²) in [5.74, 6) is -6.60. The molecule has 42 heavy (non-hydrogen) atoms. The number of rotatable bonds is 5. The number of phenols is 1. The highest BCUT2D eigenvalue weighted by Crippen LogP contribution is 2.53. The van der Waals surface area contributed by atoms with Gasteiger partial charge < -0.3 is 26.2 Å². The monoisotopic (exact) mass is 587 g/mol. The maximum absolute atomic E-state index is 14.0. The van der Waals surface area contributed by atoms with Crippen molar-refractivity contribution in [1.82, 2.24) is 9.88 Å². The maximum Gasteiger partial charge on any atom is 0.255 e. The number of hydrogen-bond acceptors (Lipinski definition) is 10. The molecule has 0 saturated heterocycles. The molecule has 1 heterocycles. The molecule has 1 amide bonds. The second kappa shape index (κ2) is 9.90. The fourth-order valence-electron chi connectivity index (χ4n) is 6.70. The lowest BCUT2D eigenvalue weighted by molar-refractivity contribution is -0.153. The number of ketones is 2. The largest absolute Gasteiger partial charge is 0.508 e. The summed E-state index contributed by atoms with van der Waals surface area (Å²) in [7, 11) is 3.14. The summed E-state index contributed by atoms with van der Waals surface area (Å²) in [6.07, 6.45) is 0.578. The first-order valence-electron chi connectivity index (χ1n) is 13.4. The van der Waals surface area contributed by atoms with E-state index in [0.29, 0.717) is 11.1 Å². The minimum absolute atomic E-state index is 0.0512. The van der Waals surface area contributed by atoms with E-state index >= 15 is 0 Å². The van der Waals surface area contributed by atoms with Gasteiger partial charge in [-0.3, -0.25) is 19.3 Å². The van der Waals surface area contributed by atoms with E-state index in [1.165, 1.54) is 16.2 Å². The van der Waals surface area contributed by atoms with E-state index in [-0.39, 0.29) is 36.1 Å². The number of aliphatic hydroxyl groups is 3. The van der Waals surface area contributed by atoms with Gasteiger partial charge >= 0.3 is 0 Å². The van der Waals surface area contributed by atoms with Crippen LogP contribution in [0.5, 0.6) is 5.75 Å². The van der Waals surface area contributed by atoms with Gasteiger partial charge in [-0.05, 0) is 38.4 Å². The SMILES string of the molecule is CN(C)[C@@H]1C(=O)C(C(N)=O)=C(O)[C@@]2(O)C(=O)C3=C(O)c4c(ccc(Cc5nc(-c6ccccc6)cs5)c4O)C[C@H]3C[C@@H]12. The van der Waals surface area contributed by atoms with Crippen LogP contribution in [0.15, 0.2) is 64.8 Å². The molecule has 1 fully saturated rings. The number of Topliss-reactive ketones (excluding diaryl/α,β-unsaturated/α-hetero) is 2. The van der Waals surface area contributed by atoms with Gasteiger partial charge in [0.2, 0.25) is 5.78 Å². The fourth-order valence-corrected chi connectivity index (χ4v) is 7.53. The Kier molecular flexibility index (Phi) is 6.56. The van der Waals surface area contributed by atoms with Crippen molar-refractivity contribution >= 4 is 34.6 Å². The third-order valence-corrected chi connectivity index (χ3v) is 9.49. The van der Waals surface area contributed by atoms with Gasteiger partial charge in [-0.1, -0.05) is 42.5 Å². The summed E-state index contributed by atoms with van der Waals surface area (Å²) in [5, 5.41) is 48.1.